The summed E-state index contributed by atoms with van der Waals surface area (Å²) in [6.07, 6.45) is 0.291. The molecule has 0 saturated heterocycles. The Balaban J connectivity index is 1.90. The van der Waals surface area contributed by atoms with Gasteiger partial charge in [-0.15, -0.1) is 0 Å². The molecule has 0 aliphatic rings. The standard InChI is InChI=1S/C15H12BrFO2/c16-12-6-7-15(14(17)9-12)19-10-13(18)8-11-4-2-1-3-5-11/h1-7,9H,8,10H2. The van der Waals surface area contributed by atoms with Crippen LogP contribution in [0.1, 0.15) is 5.56 Å². The molecule has 0 bridgehead atoms. The minimum atomic E-state index is -0.484. The first-order chi connectivity index (χ1) is 9.15. The summed E-state index contributed by atoms with van der Waals surface area (Å²) < 4.78 is 19.3. The highest BCUT2D eigenvalue weighted by molar-refractivity contribution is 9.10. The summed E-state index contributed by atoms with van der Waals surface area (Å²) >= 11 is 3.16. The quantitative estimate of drug-likeness (QED) is 0.837. The van der Waals surface area contributed by atoms with Gasteiger partial charge in [0, 0.05) is 10.9 Å². The number of ketones is 1. The van der Waals surface area contributed by atoms with Gasteiger partial charge in [-0.3, -0.25) is 4.79 Å². The normalized spacial score (nSPS) is 10.2. The van der Waals surface area contributed by atoms with Gasteiger partial charge in [-0.1, -0.05) is 46.3 Å². The molecule has 0 aliphatic heterocycles. The van der Waals surface area contributed by atoms with Gasteiger partial charge in [0.2, 0.25) is 0 Å². The Bertz CT molecular complexity index is 570. The summed E-state index contributed by atoms with van der Waals surface area (Å²) in [5.74, 6) is -0.486. The molecular formula is C15H12BrFO2. The maximum Gasteiger partial charge on any atom is 0.174 e. The molecule has 0 amide bonds. The van der Waals surface area contributed by atoms with E-state index in [1.54, 1.807) is 6.07 Å². The van der Waals surface area contributed by atoms with E-state index < -0.39 is 5.82 Å². The van der Waals surface area contributed by atoms with Gasteiger partial charge in [-0.25, -0.2) is 4.39 Å². The molecule has 98 valence electrons. The lowest BCUT2D eigenvalue weighted by molar-refractivity contribution is -0.120. The third-order valence-electron chi connectivity index (χ3n) is 2.53. The maximum atomic E-state index is 13.5. The maximum absolute atomic E-state index is 13.5. The smallest absolute Gasteiger partial charge is 0.174 e. The Morgan fingerprint density at radius 1 is 1.16 bits per heavy atom. The molecule has 2 nitrogen and oxygen atoms in total. The van der Waals surface area contributed by atoms with Crippen molar-refractivity contribution in [1.82, 2.24) is 0 Å². The molecule has 0 saturated carbocycles. The minimum Gasteiger partial charge on any atom is -0.483 e. The Kier molecular flexibility index (Phi) is 4.68. The number of hydrogen-bond acceptors (Lipinski definition) is 2. The van der Waals surface area contributed by atoms with Crippen molar-refractivity contribution in [3.63, 3.8) is 0 Å². The predicted molar refractivity (Wildman–Crippen MR) is 74.7 cm³/mol. The van der Waals surface area contributed by atoms with E-state index in [9.17, 15) is 9.18 Å². The second-order valence-corrected chi connectivity index (χ2v) is 4.98. The predicted octanol–water partition coefficient (Wildman–Crippen LogP) is 3.78. The first-order valence-electron chi connectivity index (χ1n) is 5.78. The van der Waals surface area contributed by atoms with Crippen molar-refractivity contribution < 1.29 is 13.9 Å². The summed E-state index contributed by atoms with van der Waals surface area (Å²) in [6.45, 7) is -0.132. The molecule has 2 rings (SSSR count). The van der Waals surface area contributed by atoms with Crippen LogP contribution in [0.4, 0.5) is 4.39 Å². The Labute approximate surface area is 119 Å². The summed E-state index contributed by atoms with van der Waals surface area (Å²) in [7, 11) is 0. The Morgan fingerprint density at radius 2 is 1.89 bits per heavy atom. The Morgan fingerprint density at radius 3 is 2.58 bits per heavy atom. The molecule has 19 heavy (non-hydrogen) atoms. The van der Waals surface area contributed by atoms with Crippen LogP contribution in [0.15, 0.2) is 53.0 Å². The SMILES string of the molecule is O=C(COc1ccc(Br)cc1F)Cc1ccccc1. The van der Waals surface area contributed by atoms with Gasteiger partial charge < -0.3 is 4.74 Å². The Hall–Kier alpha value is -1.68. The van der Waals surface area contributed by atoms with Crippen LogP contribution < -0.4 is 4.74 Å². The van der Waals surface area contributed by atoms with Gasteiger partial charge in [-0.05, 0) is 23.8 Å². The van der Waals surface area contributed by atoms with Gasteiger partial charge in [0.1, 0.15) is 6.61 Å². The van der Waals surface area contributed by atoms with Crippen molar-refractivity contribution in [3.8, 4) is 5.75 Å². The molecule has 2 aromatic rings. The van der Waals surface area contributed by atoms with Crippen LogP contribution in [0.2, 0.25) is 0 Å². The van der Waals surface area contributed by atoms with E-state index in [0.29, 0.717) is 10.9 Å². The first-order valence-corrected chi connectivity index (χ1v) is 6.58. The van der Waals surface area contributed by atoms with E-state index in [-0.39, 0.29) is 18.1 Å². The molecule has 4 heteroatoms. The number of halogens is 2. The topological polar surface area (TPSA) is 26.3 Å². The van der Waals surface area contributed by atoms with Crippen LogP contribution in [0.5, 0.6) is 5.75 Å². The van der Waals surface area contributed by atoms with Gasteiger partial charge in [0.15, 0.2) is 17.3 Å². The number of Topliss-reactive ketones (excluding diaryl/α,β-unsaturated/α-hetero) is 1. The fraction of sp³-hybridized carbons (Fsp3) is 0.133. The number of carbonyl (C=O) groups excluding carboxylic acids is 1. The lowest BCUT2D eigenvalue weighted by Crippen LogP contribution is -2.14. The number of hydrogen-bond donors (Lipinski definition) is 0. The number of rotatable bonds is 5. The van der Waals surface area contributed by atoms with Crippen molar-refractivity contribution in [2.24, 2.45) is 0 Å². The van der Waals surface area contributed by atoms with E-state index >= 15 is 0 Å². The van der Waals surface area contributed by atoms with Crippen LogP contribution in [0, 0.1) is 5.82 Å². The molecule has 2 aromatic carbocycles. The highest BCUT2D eigenvalue weighted by Crippen LogP contribution is 2.21. The van der Waals surface area contributed by atoms with Crippen molar-refractivity contribution in [2.45, 2.75) is 6.42 Å². The number of benzene rings is 2. The van der Waals surface area contributed by atoms with E-state index in [1.807, 2.05) is 30.3 Å². The first kappa shape index (κ1) is 13.7. The van der Waals surface area contributed by atoms with Crippen LogP contribution in [0.25, 0.3) is 0 Å². The van der Waals surface area contributed by atoms with E-state index in [0.717, 1.165) is 5.56 Å². The largest absolute Gasteiger partial charge is 0.483 e. The van der Waals surface area contributed by atoms with Gasteiger partial charge in [0.25, 0.3) is 0 Å². The fourth-order valence-electron chi connectivity index (χ4n) is 1.63. The molecule has 0 spiro atoms. The molecular weight excluding hydrogens is 311 g/mol. The van der Waals surface area contributed by atoms with E-state index in [2.05, 4.69) is 15.9 Å². The number of carbonyl (C=O) groups is 1. The molecule has 0 atom stereocenters. The minimum absolute atomic E-state index is 0.0876. The molecule has 0 radical (unpaired) electrons. The molecule has 0 heterocycles. The fourth-order valence-corrected chi connectivity index (χ4v) is 1.96. The van der Waals surface area contributed by atoms with Crippen molar-refractivity contribution >= 4 is 21.7 Å². The van der Waals surface area contributed by atoms with Crippen molar-refractivity contribution in [1.29, 1.82) is 0 Å². The molecule has 0 N–H and O–H groups in total. The van der Waals surface area contributed by atoms with E-state index in [4.69, 9.17) is 4.74 Å². The second-order valence-electron chi connectivity index (χ2n) is 4.06. The van der Waals surface area contributed by atoms with Gasteiger partial charge >= 0.3 is 0 Å². The number of ether oxygens (including phenoxy) is 1. The summed E-state index contributed by atoms with van der Waals surface area (Å²) in [4.78, 5) is 11.7. The van der Waals surface area contributed by atoms with E-state index in [1.165, 1.54) is 12.1 Å². The lowest BCUT2D eigenvalue weighted by atomic mass is 10.1. The zero-order valence-electron chi connectivity index (χ0n) is 10.1. The van der Waals surface area contributed by atoms with Crippen molar-refractivity contribution in [3.05, 3.63) is 64.4 Å². The highest BCUT2D eigenvalue weighted by Gasteiger charge is 2.08. The average Bonchev–Trinajstić information content (AvgIpc) is 2.39. The summed E-state index contributed by atoms with van der Waals surface area (Å²) in [5.41, 5.74) is 0.923. The van der Waals surface area contributed by atoms with Crippen LogP contribution in [-0.2, 0) is 11.2 Å². The third-order valence-corrected chi connectivity index (χ3v) is 3.02. The molecule has 0 fully saturated rings. The molecule has 0 aromatic heterocycles. The second kappa shape index (κ2) is 6.48. The van der Waals surface area contributed by atoms with Crippen LogP contribution in [0.3, 0.4) is 0 Å². The third kappa shape index (κ3) is 4.17. The zero-order chi connectivity index (χ0) is 13.7. The van der Waals surface area contributed by atoms with Gasteiger partial charge in [-0.2, -0.15) is 0 Å². The van der Waals surface area contributed by atoms with Crippen LogP contribution >= 0.6 is 15.9 Å². The molecule has 0 aliphatic carbocycles. The van der Waals surface area contributed by atoms with Crippen LogP contribution in [-0.4, -0.2) is 12.4 Å². The summed E-state index contributed by atoms with van der Waals surface area (Å²) in [6, 6.07) is 13.8. The summed E-state index contributed by atoms with van der Waals surface area (Å²) in [5, 5.41) is 0. The highest BCUT2D eigenvalue weighted by atomic mass is 79.9. The monoisotopic (exact) mass is 322 g/mol. The average molecular weight is 323 g/mol. The van der Waals surface area contributed by atoms with Gasteiger partial charge in [0.05, 0.1) is 0 Å². The molecule has 0 unspecified atom stereocenters. The zero-order valence-corrected chi connectivity index (χ0v) is 11.7. The van der Waals surface area contributed by atoms with Crippen molar-refractivity contribution in [2.75, 3.05) is 6.61 Å². The lowest BCUT2D eigenvalue weighted by Gasteiger charge is -2.07.